The van der Waals surface area contributed by atoms with Gasteiger partial charge in [0.05, 0.1) is 0 Å². The van der Waals surface area contributed by atoms with Crippen molar-refractivity contribution in [2.45, 2.75) is 39.0 Å². The molecule has 0 fully saturated rings. The average molecular weight is 284 g/mol. The van der Waals surface area contributed by atoms with E-state index in [2.05, 4.69) is 12.1 Å². The van der Waals surface area contributed by atoms with Crippen molar-refractivity contribution in [1.82, 2.24) is 0 Å². The van der Waals surface area contributed by atoms with Crippen LogP contribution in [-0.2, 0) is 12.8 Å². The van der Waals surface area contributed by atoms with Crippen LogP contribution in [0.25, 0.3) is 0 Å². The third kappa shape index (κ3) is 4.52. The molecule has 0 atom stereocenters. The zero-order valence-electron chi connectivity index (χ0n) is 12.4. The van der Waals surface area contributed by atoms with Gasteiger partial charge in [0.1, 0.15) is 5.82 Å². The van der Waals surface area contributed by atoms with Crippen LogP contribution in [0.2, 0.25) is 0 Å². The summed E-state index contributed by atoms with van der Waals surface area (Å²) in [7, 11) is 0. The van der Waals surface area contributed by atoms with E-state index in [1.807, 2.05) is 25.1 Å². The second kappa shape index (κ2) is 7.72. The van der Waals surface area contributed by atoms with Gasteiger partial charge in [0, 0.05) is 12.0 Å². The number of hydrogen-bond donors (Lipinski definition) is 0. The topological polar surface area (TPSA) is 17.1 Å². The second-order valence-electron chi connectivity index (χ2n) is 5.32. The number of halogens is 1. The molecular formula is C19H21FO. The number of benzene rings is 2. The minimum absolute atomic E-state index is 0.0212. The van der Waals surface area contributed by atoms with Gasteiger partial charge in [0.25, 0.3) is 0 Å². The van der Waals surface area contributed by atoms with Crippen LogP contribution in [0.5, 0.6) is 0 Å². The molecule has 0 heterocycles. The van der Waals surface area contributed by atoms with Gasteiger partial charge in [0.2, 0.25) is 0 Å². The Hall–Kier alpha value is -1.96. The van der Waals surface area contributed by atoms with Gasteiger partial charge in [-0.15, -0.1) is 0 Å². The number of hydrogen-bond acceptors (Lipinski definition) is 1. The van der Waals surface area contributed by atoms with Gasteiger partial charge in [0.15, 0.2) is 5.78 Å². The molecule has 0 saturated carbocycles. The lowest BCUT2D eigenvalue weighted by Crippen LogP contribution is -2.02. The number of carbonyl (C=O) groups excluding carboxylic acids is 1. The summed E-state index contributed by atoms with van der Waals surface area (Å²) in [5.41, 5.74) is 2.41. The van der Waals surface area contributed by atoms with Crippen molar-refractivity contribution in [3.8, 4) is 0 Å². The summed E-state index contributed by atoms with van der Waals surface area (Å²) in [6.07, 6.45) is 3.75. The minimum atomic E-state index is -0.259. The molecule has 0 aliphatic heterocycles. The highest BCUT2D eigenvalue weighted by molar-refractivity contribution is 5.96. The summed E-state index contributed by atoms with van der Waals surface area (Å²) in [6, 6.07) is 15.0. The fraction of sp³-hybridized carbons (Fsp3) is 0.316. The summed E-state index contributed by atoms with van der Waals surface area (Å²) in [5.74, 6) is -0.237. The van der Waals surface area contributed by atoms with E-state index in [0.29, 0.717) is 24.0 Å². The highest BCUT2D eigenvalue weighted by atomic mass is 19.1. The van der Waals surface area contributed by atoms with E-state index in [-0.39, 0.29) is 11.6 Å². The summed E-state index contributed by atoms with van der Waals surface area (Å²) in [4.78, 5) is 12.1. The van der Waals surface area contributed by atoms with Crippen molar-refractivity contribution in [1.29, 1.82) is 0 Å². The van der Waals surface area contributed by atoms with Crippen LogP contribution >= 0.6 is 0 Å². The van der Waals surface area contributed by atoms with Gasteiger partial charge in [-0.3, -0.25) is 4.79 Å². The fourth-order valence-corrected chi connectivity index (χ4v) is 2.43. The third-order valence-electron chi connectivity index (χ3n) is 3.61. The van der Waals surface area contributed by atoms with Crippen molar-refractivity contribution in [2.24, 2.45) is 0 Å². The Morgan fingerprint density at radius 3 is 2.48 bits per heavy atom. The van der Waals surface area contributed by atoms with Crippen LogP contribution in [0.3, 0.4) is 0 Å². The van der Waals surface area contributed by atoms with Crippen molar-refractivity contribution in [2.75, 3.05) is 0 Å². The van der Waals surface area contributed by atoms with E-state index < -0.39 is 0 Å². The first-order chi connectivity index (χ1) is 10.2. The fourth-order valence-electron chi connectivity index (χ4n) is 2.43. The van der Waals surface area contributed by atoms with Crippen LogP contribution in [0.1, 0.15) is 47.7 Å². The Bertz CT molecular complexity index is 590. The van der Waals surface area contributed by atoms with Gasteiger partial charge < -0.3 is 0 Å². The molecule has 0 radical (unpaired) electrons. The molecule has 0 aromatic heterocycles. The molecular weight excluding hydrogens is 263 g/mol. The molecule has 21 heavy (non-hydrogen) atoms. The molecule has 0 unspecified atom stereocenters. The normalized spacial score (nSPS) is 10.6. The predicted octanol–water partition coefficient (Wildman–Crippen LogP) is 4.98. The quantitative estimate of drug-likeness (QED) is 0.655. The smallest absolute Gasteiger partial charge is 0.162 e. The van der Waals surface area contributed by atoms with Crippen LogP contribution in [0.15, 0.2) is 48.5 Å². The molecule has 110 valence electrons. The third-order valence-corrected chi connectivity index (χ3v) is 3.61. The number of ketones is 1. The van der Waals surface area contributed by atoms with E-state index in [0.717, 1.165) is 19.3 Å². The SMILES string of the molecule is CCCc1ccc(C(=O)CCCc2ccccc2)cc1F. The largest absolute Gasteiger partial charge is 0.294 e. The number of aryl methyl sites for hydroxylation is 2. The molecule has 0 aliphatic rings. The van der Waals surface area contributed by atoms with Crippen LogP contribution in [0, 0.1) is 5.82 Å². The Morgan fingerprint density at radius 2 is 1.81 bits per heavy atom. The molecule has 1 nitrogen and oxygen atoms in total. The zero-order valence-corrected chi connectivity index (χ0v) is 12.4. The first-order valence-corrected chi connectivity index (χ1v) is 7.56. The van der Waals surface area contributed by atoms with E-state index >= 15 is 0 Å². The molecule has 2 aromatic rings. The van der Waals surface area contributed by atoms with Crippen molar-refractivity contribution < 1.29 is 9.18 Å². The zero-order chi connectivity index (χ0) is 15.1. The first-order valence-electron chi connectivity index (χ1n) is 7.56. The average Bonchev–Trinajstić information content (AvgIpc) is 2.50. The van der Waals surface area contributed by atoms with Crippen LogP contribution in [-0.4, -0.2) is 5.78 Å². The van der Waals surface area contributed by atoms with Crippen molar-refractivity contribution >= 4 is 5.78 Å². The Balaban J connectivity index is 1.90. The maximum atomic E-state index is 13.8. The monoisotopic (exact) mass is 284 g/mol. The maximum absolute atomic E-state index is 13.8. The maximum Gasteiger partial charge on any atom is 0.162 e. The van der Waals surface area contributed by atoms with E-state index in [1.54, 1.807) is 12.1 Å². The second-order valence-corrected chi connectivity index (χ2v) is 5.32. The Kier molecular flexibility index (Phi) is 5.68. The van der Waals surface area contributed by atoms with Gasteiger partial charge in [-0.25, -0.2) is 4.39 Å². The molecule has 2 aromatic carbocycles. The van der Waals surface area contributed by atoms with Crippen molar-refractivity contribution in [3.05, 3.63) is 71.0 Å². The molecule has 2 heteroatoms. The molecule has 0 saturated heterocycles. The van der Waals surface area contributed by atoms with Crippen LogP contribution < -0.4 is 0 Å². The molecule has 0 spiro atoms. The number of Topliss-reactive ketones (excluding diaryl/α,β-unsaturated/α-hetero) is 1. The van der Waals surface area contributed by atoms with Crippen LogP contribution in [0.4, 0.5) is 4.39 Å². The summed E-state index contributed by atoms with van der Waals surface area (Å²) >= 11 is 0. The summed E-state index contributed by atoms with van der Waals surface area (Å²) in [5, 5.41) is 0. The lowest BCUT2D eigenvalue weighted by molar-refractivity contribution is 0.0979. The highest BCUT2D eigenvalue weighted by Gasteiger charge is 2.09. The van der Waals surface area contributed by atoms with Gasteiger partial charge in [-0.05, 0) is 36.5 Å². The number of rotatable bonds is 7. The Morgan fingerprint density at radius 1 is 1.05 bits per heavy atom. The molecule has 0 aliphatic carbocycles. The molecule has 0 N–H and O–H groups in total. The lowest BCUT2D eigenvalue weighted by atomic mass is 10.0. The standard InChI is InChI=1S/C19H21FO/c1-2-7-16-12-13-17(14-18(16)20)19(21)11-6-10-15-8-4-3-5-9-15/h3-5,8-9,12-14H,2,6-7,10-11H2,1H3. The number of carbonyl (C=O) groups is 1. The van der Waals surface area contributed by atoms with Gasteiger partial charge >= 0.3 is 0 Å². The van der Waals surface area contributed by atoms with E-state index in [1.165, 1.54) is 11.6 Å². The van der Waals surface area contributed by atoms with E-state index in [4.69, 9.17) is 0 Å². The van der Waals surface area contributed by atoms with E-state index in [9.17, 15) is 9.18 Å². The molecule has 0 amide bonds. The predicted molar refractivity (Wildman–Crippen MR) is 84.1 cm³/mol. The molecule has 2 rings (SSSR count). The van der Waals surface area contributed by atoms with Gasteiger partial charge in [-0.2, -0.15) is 0 Å². The highest BCUT2D eigenvalue weighted by Crippen LogP contribution is 2.15. The minimum Gasteiger partial charge on any atom is -0.294 e. The summed E-state index contributed by atoms with van der Waals surface area (Å²) < 4.78 is 13.8. The molecule has 0 bridgehead atoms. The van der Waals surface area contributed by atoms with Crippen molar-refractivity contribution in [3.63, 3.8) is 0 Å². The Labute approximate surface area is 125 Å². The summed E-state index contributed by atoms with van der Waals surface area (Å²) in [6.45, 7) is 2.02. The lowest BCUT2D eigenvalue weighted by Gasteiger charge is -2.05. The van der Waals surface area contributed by atoms with Gasteiger partial charge in [-0.1, -0.05) is 55.8 Å². The first kappa shape index (κ1) is 15.4.